The lowest BCUT2D eigenvalue weighted by molar-refractivity contribution is 0.101. The standard InChI is InChI=1S/C24H25FN4O4S/c1-16-10-11-18(34(32,33)28-12-6-3-7-13-28)15-20(16)26-24(31)23-22(30)14-17(2)29(27-23)21-9-5-4-8-19(21)25/h4-5,8-11,14-15H,3,6-7,12-13H2,1-2H3,(H,26,31). The molecule has 2 aromatic carbocycles. The van der Waals surface area contributed by atoms with Crippen molar-refractivity contribution in [1.82, 2.24) is 14.1 Å². The molecule has 0 atom stereocenters. The molecule has 1 fully saturated rings. The Labute approximate surface area is 197 Å². The van der Waals surface area contributed by atoms with Gasteiger partial charge in [0.1, 0.15) is 11.5 Å². The molecule has 0 bridgehead atoms. The number of nitrogens with zero attached hydrogens (tertiary/aromatic N) is 3. The average molecular weight is 485 g/mol. The Morgan fingerprint density at radius 3 is 2.44 bits per heavy atom. The van der Waals surface area contributed by atoms with E-state index in [9.17, 15) is 22.4 Å². The van der Waals surface area contributed by atoms with Gasteiger partial charge >= 0.3 is 0 Å². The number of amides is 1. The molecule has 1 saturated heterocycles. The maximum atomic E-state index is 14.3. The summed E-state index contributed by atoms with van der Waals surface area (Å²) in [4.78, 5) is 25.6. The van der Waals surface area contributed by atoms with Gasteiger partial charge in [-0.3, -0.25) is 9.59 Å². The van der Waals surface area contributed by atoms with Crippen molar-refractivity contribution in [1.29, 1.82) is 0 Å². The smallest absolute Gasteiger partial charge is 0.280 e. The zero-order valence-electron chi connectivity index (χ0n) is 18.9. The first-order valence-electron chi connectivity index (χ1n) is 11.0. The van der Waals surface area contributed by atoms with Crippen LogP contribution in [0.2, 0.25) is 0 Å². The second-order valence-corrected chi connectivity index (χ2v) is 10.2. The Bertz CT molecular complexity index is 1410. The van der Waals surface area contributed by atoms with Gasteiger partial charge in [0.05, 0.1) is 4.90 Å². The fourth-order valence-electron chi connectivity index (χ4n) is 3.90. The highest BCUT2D eigenvalue weighted by atomic mass is 32.2. The summed E-state index contributed by atoms with van der Waals surface area (Å²) in [5.41, 5.74) is 0.266. The van der Waals surface area contributed by atoms with Crippen LogP contribution in [0.25, 0.3) is 5.69 Å². The summed E-state index contributed by atoms with van der Waals surface area (Å²) in [5.74, 6) is -1.37. The number of hydrogen-bond donors (Lipinski definition) is 1. The predicted octanol–water partition coefficient (Wildman–Crippen LogP) is 3.42. The number of anilines is 1. The minimum absolute atomic E-state index is 0.0657. The molecule has 1 aromatic heterocycles. The van der Waals surface area contributed by atoms with Crippen LogP contribution < -0.4 is 10.7 Å². The van der Waals surface area contributed by atoms with E-state index in [1.54, 1.807) is 26.0 Å². The van der Waals surface area contributed by atoms with Gasteiger partial charge in [-0.05, 0) is 56.5 Å². The van der Waals surface area contributed by atoms with Crippen molar-refractivity contribution in [2.45, 2.75) is 38.0 Å². The lowest BCUT2D eigenvalue weighted by atomic mass is 10.2. The molecular weight excluding hydrogens is 459 g/mol. The van der Waals surface area contributed by atoms with E-state index in [0.29, 0.717) is 24.3 Å². The lowest BCUT2D eigenvalue weighted by Crippen LogP contribution is -2.35. The number of hydrogen-bond acceptors (Lipinski definition) is 5. The van der Waals surface area contributed by atoms with Crippen molar-refractivity contribution in [3.63, 3.8) is 0 Å². The third-order valence-corrected chi connectivity index (χ3v) is 7.71. The van der Waals surface area contributed by atoms with Crippen molar-refractivity contribution in [3.05, 3.63) is 81.5 Å². The predicted molar refractivity (Wildman–Crippen MR) is 126 cm³/mol. The second kappa shape index (κ2) is 9.47. The minimum atomic E-state index is -3.70. The number of nitrogens with one attached hydrogen (secondary N) is 1. The topological polar surface area (TPSA) is 101 Å². The molecule has 0 aliphatic carbocycles. The van der Waals surface area contributed by atoms with E-state index in [4.69, 9.17) is 0 Å². The first-order valence-corrected chi connectivity index (χ1v) is 12.4. The molecule has 0 spiro atoms. The Hall–Kier alpha value is -3.37. The SMILES string of the molecule is Cc1ccc(S(=O)(=O)N2CCCCC2)cc1NC(=O)c1nn(-c2ccccc2F)c(C)cc1=O. The molecule has 1 aliphatic rings. The van der Waals surface area contributed by atoms with Crippen molar-refractivity contribution in [2.75, 3.05) is 18.4 Å². The summed E-state index contributed by atoms with van der Waals surface area (Å²) in [7, 11) is -3.70. The van der Waals surface area contributed by atoms with Crippen molar-refractivity contribution in [3.8, 4) is 5.69 Å². The number of para-hydroxylation sites is 1. The molecule has 0 unspecified atom stereocenters. The fraction of sp³-hybridized carbons (Fsp3) is 0.292. The monoisotopic (exact) mass is 484 g/mol. The van der Waals surface area contributed by atoms with Crippen LogP contribution in [0.1, 0.15) is 41.0 Å². The third-order valence-electron chi connectivity index (χ3n) is 5.81. The van der Waals surface area contributed by atoms with E-state index in [1.807, 2.05) is 0 Å². The van der Waals surface area contributed by atoms with E-state index < -0.39 is 32.9 Å². The van der Waals surface area contributed by atoms with E-state index in [-0.39, 0.29) is 16.3 Å². The quantitative estimate of drug-likeness (QED) is 0.598. The van der Waals surface area contributed by atoms with Crippen molar-refractivity contribution < 1.29 is 17.6 Å². The summed E-state index contributed by atoms with van der Waals surface area (Å²) in [6, 6.07) is 11.6. The molecule has 1 aliphatic heterocycles. The number of sulfonamides is 1. The lowest BCUT2D eigenvalue weighted by Gasteiger charge is -2.26. The summed E-state index contributed by atoms with van der Waals surface area (Å²) in [6.45, 7) is 4.22. The Kier molecular flexibility index (Phi) is 6.63. The van der Waals surface area contributed by atoms with Crippen LogP contribution in [0, 0.1) is 19.7 Å². The molecule has 0 radical (unpaired) electrons. The summed E-state index contributed by atoms with van der Waals surface area (Å²) >= 11 is 0. The maximum Gasteiger partial charge on any atom is 0.280 e. The molecule has 10 heteroatoms. The van der Waals surface area contributed by atoms with Crippen LogP contribution in [-0.2, 0) is 10.0 Å². The van der Waals surface area contributed by atoms with Crippen LogP contribution in [0.5, 0.6) is 0 Å². The summed E-state index contributed by atoms with van der Waals surface area (Å²) in [5, 5.41) is 6.70. The number of carbonyl (C=O) groups excluding carboxylic acids is 1. The molecular formula is C24H25FN4O4S. The van der Waals surface area contributed by atoms with Gasteiger partial charge in [0.2, 0.25) is 15.5 Å². The number of carbonyl (C=O) groups is 1. The first kappa shape index (κ1) is 23.8. The van der Waals surface area contributed by atoms with E-state index >= 15 is 0 Å². The van der Waals surface area contributed by atoms with Crippen LogP contribution >= 0.6 is 0 Å². The van der Waals surface area contributed by atoms with Gasteiger partial charge in [-0.2, -0.15) is 9.40 Å². The summed E-state index contributed by atoms with van der Waals surface area (Å²) in [6.07, 6.45) is 2.61. The van der Waals surface area contributed by atoms with Crippen molar-refractivity contribution in [2.24, 2.45) is 0 Å². The highest BCUT2D eigenvalue weighted by Crippen LogP contribution is 2.25. The minimum Gasteiger partial charge on any atom is -0.320 e. The largest absolute Gasteiger partial charge is 0.320 e. The molecule has 8 nitrogen and oxygen atoms in total. The molecule has 1 N–H and O–H groups in total. The van der Waals surface area contributed by atoms with Gasteiger partial charge in [-0.1, -0.05) is 24.6 Å². The maximum absolute atomic E-state index is 14.3. The normalized spacial score (nSPS) is 14.7. The second-order valence-electron chi connectivity index (χ2n) is 8.26. The van der Waals surface area contributed by atoms with Gasteiger partial charge in [0, 0.05) is 30.5 Å². The Balaban J connectivity index is 1.67. The van der Waals surface area contributed by atoms with E-state index in [1.165, 1.54) is 45.4 Å². The molecule has 4 rings (SSSR count). The molecule has 3 aromatic rings. The Morgan fingerprint density at radius 2 is 1.74 bits per heavy atom. The molecule has 178 valence electrons. The highest BCUT2D eigenvalue weighted by Gasteiger charge is 2.27. The van der Waals surface area contributed by atoms with Gasteiger partial charge in [-0.15, -0.1) is 0 Å². The van der Waals surface area contributed by atoms with E-state index in [0.717, 1.165) is 19.3 Å². The van der Waals surface area contributed by atoms with Gasteiger partial charge in [-0.25, -0.2) is 17.5 Å². The van der Waals surface area contributed by atoms with Crippen LogP contribution in [0.15, 0.2) is 58.2 Å². The molecule has 2 heterocycles. The number of benzene rings is 2. The molecule has 1 amide bonds. The zero-order chi connectivity index (χ0) is 24.5. The number of halogens is 1. The van der Waals surface area contributed by atoms with Gasteiger partial charge in [0.25, 0.3) is 5.91 Å². The van der Waals surface area contributed by atoms with Crippen molar-refractivity contribution >= 4 is 21.6 Å². The number of rotatable bonds is 5. The highest BCUT2D eigenvalue weighted by molar-refractivity contribution is 7.89. The van der Waals surface area contributed by atoms with Gasteiger partial charge in [0.15, 0.2) is 5.69 Å². The molecule has 0 saturated carbocycles. The number of aromatic nitrogens is 2. The number of aryl methyl sites for hydroxylation is 2. The van der Waals surface area contributed by atoms with Gasteiger partial charge < -0.3 is 5.32 Å². The first-order chi connectivity index (χ1) is 16.2. The van der Waals surface area contributed by atoms with Crippen LogP contribution in [0.4, 0.5) is 10.1 Å². The average Bonchev–Trinajstić information content (AvgIpc) is 2.81. The summed E-state index contributed by atoms with van der Waals surface area (Å²) < 4.78 is 43.0. The fourth-order valence-corrected chi connectivity index (χ4v) is 5.45. The molecule has 34 heavy (non-hydrogen) atoms. The number of piperidine rings is 1. The van der Waals surface area contributed by atoms with E-state index in [2.05, 4.69) is 10.4 Å². The van der Waals surface area contributed by atoms with Crippen LogP contribution in [-0.4, -0.2) is 41.5 Å². The van der Waals surface area contributed by atoms with Crippen LogP contribution in [0.3, 0.4) is 0 Å². The zero-order valence-corrected chi connectivity index (χ0v) is 19.7. The third kappa shape index (κ3) is 4.64. The Morgan fingerprint density at radius 1 is 1.03 bits per heavy atom.